The molecule has 2 heterocycles. The van der Waals surface area contributed by atoms with Gasteiger partial charge in [-0.15, -0.1) is 0 Å². The van der Waals surface area contributed by atoms with Crippen LogP contribution in [-0.2, 0) is 6.61 Å². The number of anilines is 1. The predicted octanol–water partition coefficient (Wildman–Crippen LogP) is 1.81. The normalized spacial score (nSPS) is 11.4. The molecule has 0 fully saturated rings. The summed E-state index contributed by atoms with van der Waals surface area (Å²) in [5.74, 6) is 0.779. The zero-order valence-corrected chi connectivity index (χ0v) is 12.2. The van der Waals surface area contributed by atoms with E-state index in [9.17, 15) is 10.2 Å². The molecule has 2 aromatic rings. The molecule has 5 nitrogen and oxygen atoms in total. The number of rotatable bonds is 7. The fraction of sp³-hybridized carbons (Fsp3) is 0.533. The van der Waals surface area contributed by atoms with E-state index < -0.39 is 0 Å². The van der Waals surface area contributed by atoms with Crippen molar-refractivity contribution in [1.82, 2.24) is 9.38 Å². The first-order chi connectivity index (χ1) is 9.76. The van der Waals surface area contributed by atoms with Crippen LogP contribution in [0.25, 0.3) is 5.65 Å². The fourth-order valence-electron chi connectivity index (χ4n) is 2.71. The molecule has 5 heteroatoms. The molecule has 0 amide bonds. The van der Waals surface area contributed by atoms with Crippen molar-refractivity contribution in [2.45, 2.75) is 39.3 Å². The van der Waals surface area contributed by atoms with Gasteiger partial charge in [0.2, 0.25) is 0 Å². The summed E-state index contributed by atoms with van der Waals surface area (Å²) in [7, 11) is 0. The highest BCUT2D eigenvalue weighted by Gasteiger charge is 2.22. The smallest absolute Gasteiger partial charge is 0.153 e. The number of hydrogen-bond acceptors (Lipinski definition) is 4. The Balaban J connectivity index is 2.51. The van der Waals surface area contributed by atoms with Crippen LogP contribution in [0, 0.1) is 0 Å². The summed E-state index contributed by atoms with van der Waals surface area (Å²) in [6.45, 7) is 4.81. The summed E-state index contributed by atoms with van der Waals surface area (Å²) in [4.78, 5) is 6.75. The SMILES string of the molecule is CCC(CC)N(CCO)c1nc2ccccn2c1CO. The molecule has 0 aliphatic rings. The van der Waals surface area contributed by atoms with Gasteiger partial charge in [0.15, 0.2) is 5.82 Å². The minimum atomic E-state index is -0.0669. The average molecular weight is 277 g/mol. The lowest BCUT2D eigenvalue weighted by molar-refractivity contribution is 0.273. The molecule has 0 aromatic carbocycles. The summed E-state index contributed by atoms with van der Waals surface area (Å²) >= 11 is 0. The Labute approximate surface area is 119 Å². The van der Waals surface area contributed by atoms with Crippen molar-refractivity contribution in [3.8, 4) is 0 Å². The second-order valence-electron chi connectivity index (χ2n) is 4.86. The lowest BCUT2D eigenvalue weighted by Gasteiger charge is -2.30. The Hall–Kier alpha value is -1.59. The number of nitrogens with zero attached hydrogens (tertiary/aromatic N) is 3. The van der Waals surface area contributed by atoms with Gasteiger partial charge in [-0.3, -0.25) is 4.40 Å². The van der Waals surface area contributed by atoms with Crippen molar-refractivity contribution in [3.05, 3.63) is 30.1 Å². The van der Waals surface area contributed by atoms with Crippen LogP contribution >= 0.6 is 0 Å². The first-order valence-electron chi connectivity index (χ1n) is 7.21. The van der Waals surface area contributed by atoms with E-state index in [1.807, 2.05) is 28.8 Å². The van der Waals surface area contributed by atoms with Gasteiger partial charge < -0.3 is 15.1 Å². The molecular weight excluding hydrogens is 254 g/mol. The molecule has 2 N–H and O–H groups in total. The molecule has 0 saturated heterocycles. The number of hydrogen-bond donors (Lipinski definition) is 2. The van der Waals surface area contributed by atoms with Crippen LogP contribution in [0.3, 0.4) is 0 Å². The minimum absolute atomic E-state index is 0.0669. The van der Waals surface area contributed by atoms with Gasteiger partial charge in [-0.05, 0) is 25.0 Å². The molecule has 2 rings (SSSR count). The topological polar surface area (TPSA) is 61.0 Å². The van der Waals surface area contributed by atoms with Gasteiger partial charge >= 0.3 is 0 Å². The van der Waals surface area contributed by atoms with Crippen LogP contribution in [-0.4, -0.2) is 38.8 Å². The second-order valence-corrected chi connectivity index (χ2v) is 4.86. The van der Waals surface area contributed by atoms with Crippen LogP contribution < -0.4 is 4.90 Å². The average Bonchev–Trinajstić information content (AvgIpc) is 2.85. The van der Waals surface area contributed by atoms with E-state index in [1.54, 1.807) is 0 Å². The maximum absolute atomic E-state index is 9.70. The lowest BCUT2D eigenvalue weighted by atomic mass is 10.1. The highest BCUT2D eigenvalue weighted by molar-refractivity contribution is 5.56. The van der Waals surface area contributed by atoms with Crippen molar-refractivity contribution < 1.29 is 10.2 Å². The minimum Gasteiger partial charge on any atom is -0.395 e. The van der Waals surface area contributed by atoms with Crippen molar-refractivity contribution in [1.29, 1.82) is 0 Å². The van der Waals surface area contributed by atoms with Gasteiger partial charge in [-0.1, -0.05) is 19.9 Å². The standard InChI is InChI=1S/C15H23N3O2/c1-3-12(4-2)17(9-10-19)15-13(11-20)18-8-6-5-7-14(18)16-15/h5-8,12,19-20H,3-4,9-11H2,1-2H3. The first kappa shape index (κ1) is 14.8. The zero-order chi connectivity index (χ0) is 14.5. The molecule has 0 unspecified atom stereocenters. The van der Waals surface area contributed by atoms with Gasteiger partial charge in [-0.25, -0.2) is 4.98 Å². The van der Waals surface area contributed by atoms with Crippen LogP contribution in [0.4, 0.5) is 5.82 Å². The van der Waals surface area contributed by atoms with Gasteiger partial charge in [-0.2, -0.15) is 0 Å². The van der Waals surface area contributed by atoms with Gasteiger partial charge in [0.05, 0.1) is 18.9 Å². The molecule has 110 valence electrons. The molecule has 2 aromatic heterocycles. The summed E-state index contributed by atoms with van der Waals surface area (Å²) in [6, 6.07) is 6.09. The number of imidazole rings is 1. The van der Waals surface area contributed by atoms with E-state index in [4.69, 9.17) is 0 Å². The van der Waals surface area contributed by atoms with Crippen molar-refractivity contribution in [2.24, 2.45) is 0 Å². The summed E-state index contributed by atoms with van der Waals surface area (Å²) in [5, 5.41) is 19.0. The number of aliphatic hydroxyl groups is 2. The zero-order valence-electron chi connectivity index (χ0n) is 12.2. The maximum atomic E-state index is 9.70. The van der Waals surface area contributed by atoms with E-state index in [-0.39, 0.29) is 13.2 Å². The Morgan fingerprint density at radius 3 is 2.60 bits per heavy atom. The van der Waals surface area contributed by atoms with Crippen molar-refractivity contribution >= 4 is 11.5 Å². The van der Waals surface area contributed by atoms with E-state index in [0.717, 1.165) is 30.0 Å². The number of aromatic nitrogens is 2. The van der Waals surface area contributed by atoms with E-state index in [2.05, 4.69) is 23.7 Å². The molecule has 0 atom stereocenters. The van der Waals surface area contributed by atoms with Crippen molar-refractivity contribution in [3.63, 3.8) is 0 Å². The van der Waals surface area contributed by atoms with Crippen LogP contribution in [0.2, 0.25) is 0 Å². The van der Waals surface area contributed by atoms with Crippen LogP contribution in [0.5, 0.6) is 0 Å². The molecule has 0 saturated carbocycles. The largest absolute Gasteiger partial charge is 0.395 e. The molecule has 0 bridgehead atoms. The molecule has 0 aliphatic heterocycles. The van der Waals surface area contributed by atoms with Crippen LogP contribution in [0.15, 0.2) is 24.4 Å². The third-order valence-electron chi connectivity index (χ3n) is 3.75. The molecule has 0 aliphatic carbocycles. The monoisotopic (exact) mass is 277 g/mol. The Morgan fingerprint density at radius 1 is 1.25 bits per heavy atom. The van der Waals surface area contributed by atoms with E-state index >= 15 is 0 Å². The first-order valence-corrected chi connectivity index (χ1v) is 7.21. The molecule has 20 heavy (non-hydrogen) atoms. The summed E-state index contributed by atoms with van der Waals surface area (Å²) < 4.78 is 1.90. The number of fused-ring (bicyclic) bond motifs is 1. The summed E-state index contributed by atoms with van der Waals surface area (Å²) in [6.07, 6.45) is 3.87. The van der Waals surface area contributed by atoms with Crippen LogP contribution in [0.1, 0.15) is 32.4 Å². The van der Waals surface area contributed by atoms with E-state index in [0.29, 0.717) is 12.6 Å². The third-order valence-corrected chi connectivity index (χ3v) is 3.75. The second kappa shape index (κ2) is 6.72. The van der Waals surface area contributed by atoms with Gasteiger partial charge in [0.25, 0.3) is 0 Å². The molecular formula is C15H23N3O2. The third kappa shape index (κ3) is 2.64. The number of aliphatic hydroxyl groups excluding tert-OH is 2. The Bertz CT molecular complexity index is 549. The molecule has 0 radical (unpaired) electrons. The van der Waals surface area contributed by atoms with Gasteiger partial charge in [0, 0.05) is 18.8 Å². The maximum Gasteiger partial charge on any atom is 0.153 e. The predicted molar refractivity (Wildman–Crippen MR) is 79.9 cm³/mol. The van der Waals surface area contributed by atoms with Gasteiger partial charge in [0.1, 0.15) is 5.65 Å². The Kier molecular flexibility index (Phi) is 4.98. The van der Waals surface area contributed by atoms with E-state index in [1.165, 1.54) is 0 Å². The highest BCUT2D eigenvalue weighted by atomic mass is 16.3. The Morgan fingerprint density at radius 2 is 2.00 bits per heavy atom. The fourth-order valence-corrected chi connectivity index (χ4v) is 2.71. The lowest BCUT2D eigenvalue weighted by Crippen LogP contribution is -2.37. The number of pyridine rings is 1. The van der Waals surface area contributed by atoms with Crippen molar-refractivity contribution in [2.75, 3.05) is 18.1 Å². The quantitative estimate of drug-likeness (QED) is 0.810. The summed E-state index contributed by atoms with van der Waals surface area (Å²) in [5.41, 5.74) is 1.60. The molecule has 0 spiro atoms. The highest BCUT2D eigenvalue weighted by Crippen LogP contribution is 2.25.